The predicted octanol–water partition coefficient (Wildman–Crippen LogP) is 6.35. The first-order valence-corrected chi connectivity index (χ1v) is 8.31. The van der Waals surface area contributed by atoms with Gasteiger partial charge in [0.15, 0.2) is 0 Å². The maximum Gasteiger partial charge on any atom is 0.416 e. The molecule has 0 aliphatic carbocycles. The molecule has 0 aliphatic rings. The molecule has 0 atom stereocenters. The smallest absolute Gasteiger partial charge is 0.355 e. The molecule has 0 unspecified atom stereocenters. The van der Waals surface area contributed by atoms with Crippen molar-refractivity contribution in [2.24, 2.45) is 0 Å². The maximum atomic E-state index is 12.9. The average molecular weight is 391 g/mol. The molecule has 2 N–H and O–H groups in total. The molecule has 138 valence electrons. The van der Waals surface area contributed by atoms with E-state index in [0.29, 0.717) is 16.4 Å². The highest BCUT2D eigenvalue weighted by molar-refractivity contribution is 6.31. The largest absolute Gasteiger partial charge is 0.416 e. The molecule has 0 aliphatic heterocycles. The summed E-state index contributed by atoms with van der Waals surface area (Å²) < 4.78 is 38.7. The van der Waals surface area contributed by atoms with Crippen LogP contribution >= 0.6 is 11.6 Å². The number of rotatable bonds is 4. The Kier molecular flexibility index (Phi) is 5.37. The normalized spacial score (nSPS) is 11.1. The van der Waals surface area contributed by atoms with E-state index < -0.39 is 17.6 Å². The van der Waals surface area contributed by atoms with Gasteiger partial charge in [-0.25, -0.2) is 0 Å². The van der Waals surface area contributed by atoms with E-state index in [1.165, 1.54) is 12.1 Å². The van der Waals surface area contributed by atoms with Crippen molar-refractivity contribution >= 4 is 34.6 Å². The number of hydrogen-bond acceptors (Lipinski definition) is 2. The molecule has 3 aromatic carbocycles. The molecule has 3 aromatic rings. The Labute approximate surface area is 158 Å². The zero-order valence-electron chi connectivity index (χ0n) is 13.8. The highest BCUT2D eigenvalue weighted by Gasteiger charge is 2.30. The van der Waals surface area contributed by atoms with E-state index in [0.717, 1.165) is 12.1 Å². The highest BCUT2D eigenvalue weighted by atomic mass is 35.5. The molecule has 3 rings (SSSR count). The molecule has 0 fully saturated rings. The zero-order chi connectivity index (χ0) is 19.4. The lowest BCUT2D eigenvalue weighted by molar-refractivity contribution is -0.137. The summed E-state index contributed by atoms with van der Waals surface area (Å²) >= 11 is 5.91. The van der Waals surface area contributed by atoms with E-state index in [1.54, 1.807) is 48.5 Å². The summed E-state index contributed by atoms with van der Waals surface area (Å²) in [5.74, 6) is -0.410. The number of carbonyl (C=O) groups excluding carboxylic acids is 1. The van der Waals surface area contributed by atoms with E-state index in [-0.39, 0.29) is 11.3 Å². The lowest BCUT2D eigenvalue weighted by Crippen LogP contribution is -2.14. The van der Waals surface area contributed by atoms with E-state index in [2.05, 4.69) is 10.6 Å². The number of halogens is 4. The number of para-hydroxylation sites is 1. The van der Waals surface area contributed by atoms with E-state index in [4.69, 9.17) is 11.6 Å². The number of hydrogen-bond donors (Lipinski definition) is 2. The molecular weight excluding hydrogens is 377 g/mol. The van der Waals surface area contributed by atoms with E-state index in [9.17, 15) is 18.0 Å². The minimum atomic E-state index is -4.44. The molecule has 1 amide bonds. The predicted molar refractivity (Wildman–Crippen MR) is 101 cm³/mol. The fraction of sp³-hybridized carbons (Fsp3) is 0.0500. The molecule has 0 bridgehead atoms. The van der Waals surface area contributed by atoms with Crippen molar-refractivity contribution in [2.75, 3.05) is 10.6 Å². The van der Waals surface area contributed by atoms with Gasteiger partial charge in [-0.3, -0.25) is 4.79 Å². The summed E-state index contributed by atoms with van der Waals surface area (Å²) in [5, 5.41) is 6.07. The Morgan fingerprint density at radius 2 is 1.56 bits per heavy atom. The minimum absolute atomic E-state index is 0.229. The van der Waals surface area contributed by atoms with Crippen LogP contribution in [0.25, 0.3) is 0 Å². The first kappa shape index (κ1) is 18.8. The number of nitrogens with one attached hydrogen (secondary N) is 2. The van der Waals surface area contributed by atoms with Gasteiger partial charge in [-0.05, 0) is 48.5 Å². The SMILES string of the molecule is O=C(Nc1cccc(Cl)c1)c1ccccc1Nc1cccc(C(F)(F)F)c1. The van der Waals surface area contributed by atoms with Crippen molar-refractivity contribution in [3.05, 3.63) is 88.9 Å². The van der Waals surface area contributed by atoms with Crippen LogP contribution in [0, 0.1) is 0 Å². The van der Waals surface area contributed by atoms with Crippen LogP contribution in [-0.4, -0.2) is 5.91 Å². The Balaban J connectivity index is 1.85. The molecular formula is C20H14ClF3N2O. The summed E-state index contributed by atoms with van der Waals surface area (Å²) in [7, 11) is 0. The van der Waals surface area contributed by atoms with Crippen molar-refractivity contribution in [3.63, 3.8) is 0 Å². The average Bonchev–Trinajstić information content (AvgIpc) is 2.62. The number of benzene rings is 3. The summed E-state index contributed by atoms with van der Waals surface area (Å²) in [5.41, 5.74) is 0.647. The summed E-state index contributed by atoms with van der Waals surface area (Å²) in [4.78, 5) is 12.6. The van der Waals surface area contributed by atoms with Crippen LogP contribution in [0.2, 0.25) is 5.02 Å². The van der Waals surface area contributed by atoms with Crippen molar-refractivity contribution in [1.29, 1.82) is 0 Å². The third-order valence-electron chi connectivity index (χ3n) is 3.72. The van der Waals surface area contributed by atoms with Crippen LogP contribution in [0.3, 0.4) is 0 Å². The molecule has 0 saturated carbocycles. The second kappa shape index (κ2) is 7.72. The summed E-state index contributed by atoms with van der Waals surface area (Å²) in [6.45, 7) is 0. The van der Waals surface area contributed by atoms with E-state index in [1.807, 2.05) is 0 Å². The first-order valence-electron chi connectivity index (χ1n) is 7.93. The molecule has 0 saturated heterocycles. The second-order valence-corrected chi connectivity index (χ2v) is 6.15. The van der Waals surface area contributed by atoms with Gasteiger partial charge in [0.05, 0.1) is 16.8 Å². The third kappa shape index (κ3) is 4.80. The maximum absolute atomic E-state index is 12.9. The van der Waals surface area contributed by atoms with Crippen LogP contribution < -0.4 is 10.6 Å². The fourth-order valence-electron chi connectivity index (χ4n) is 2.48. The molecule has 0 radical (unpaired) electrons. The van der Waals surface area contributed by atoms with Crippen LogP contribution in [0.1, 0.15) is 15.9 Å². The van der Waals surface area contributed by atoms with Gasteiger partial charge < -0.3 is 10.6 Å². The van der Waals surface area contributed by atoms with Gasteiger partial charge in [-0.2, -0.15) is 13.2 Å². The van der Waals surface area contributed by atoms with Gasteiger partial charge in [0.2, 0.25) is 0 Å². The molecule has 27 heavy (non-hydrogen) atoms. The quantitative estimate of drug-likeness (QED) is 0.544. The Hall–Kier alpha value is -2.99. The fourth-order valence-corrected chi connectivity index (χ4v) is 2.67. The number of alkyl halides is 3. The third-order valence-corrected chi connectivity index (χ3v) is 3.96. The Morgan fingerprint density at radius 3 is 2.30 bits per heavy atom. The number of anilines is 3. The monoisotopic (exact) mass is 390 g/mol. The Bertz CT molecular complexity index is 973. The molecule has 7 heteroatoms. The minimum Gasteiger partial charge on any atom is -0.355 e. The zero-order valence-corrected chi connectivity index (χ0v) is 14.6. The van der Waals surface area contributed by atoms with Gasteiger partial charge in [0.1, 0.15) is 0 Å². The molecule has 0 spiro atoms. The Morgan fingerprint density at radius 1 is 0.852 bits per heavy atom. The van der Waals surface area contributed by atoms with Crippen molar-refractivity contribution in [2.45, 2.75) is 6.18 Å². The molecule has 3 nitrogen and oxygen atoms in total. The summed E-state index contributed by atoms with van der Waals surface area (Å²) in [6.07, 6.45) is -4.44. The van der Waals surface area contributed by atoms with Gasteiger partial charge in [0, 0.05) is 16.4 Å². The van der Waals surface area contributed by atoms with Gasteiger partial charge in [-0.15, -0.1) is 0 Å². The highest BCUT2D eigenvalue weighted by Crippen LogP contribution is 2.32. The number of carbonyl (C=O) groups is 1. The van der Waals surface area contributed by atoms with Crippen LogP contribution in [0.4, 0.5) is 30.2 Å². The van der Waals surface area contributed by atoms with E-state index >= 15 is 0 Å². The van der Waals surface area contributed by atoms with Gasteiger partial charge >= 0.3 is 6.18 Å². The lowest BCUT2D eigenvalue weighted by atomic mass is 10.1. The van der Waals surface area contributed by atoms with Crippen molar-refractivity contribution in [1.82, 2.24) is 0 Å². The van der Waals surface area contributed by atoms with Crippen molar-refractivity contribution in [3.8, 4) is 0 Å². The van der Waals surface area contributed by atoms with Crippen LogP contribution in [-0.2, 0) is 6.18 Å². The van der Waals surface area contributed by atoms with Crippen LogP contribution in [0.5, 0.6) is 0 Å². The van der Waals surface area contributed by atoms with Crippen LogP contribution in [0.15, 0.2) is 72.8 Å². The van der Waals surface area contributed by atoms with Gasteiger partial charge in [-0.1, -0.05) is 35.9 Å². The lowest BCUT2D eigenvalue weighted by Gasteiger charge is -2.14. The molecule has 0 aromatic heterocycles. The van der Waals surface area contributed by atoms with Crippen molar-refractivity contribution < 1.29 is 18.0 Å². The topological polar surface area (TPSA) is 41.1 Å². The number of amides is 1. The van der Waals surface area contributed by atoms with Gasteiger partial charge in [0.25, 0.3) is 5.91 Å². The molecule has 0 heterocycles. The summed E-state index contributed by atoms with van der Waals surface area (Å²) in [6, 6.07) is 18.0. The standard InChI is InChI=1S/C20H14ClF3N2O/c21-14-6-4-8-16(12-14)26-19(27)17-9-1-2-10-18(17)25-15-7-3-5-13(11-15)20(22,23)24/h1-12,25H,(H,26,27). The first-order chi connectivity index (χ1) is 12.8. The second-order valence-electron chi connectivity index (χ2n) is 5.71.